The summed E-state index contributed by atoms with van der Waals surface area (Å²) >= 11 is 0. The maximum Gasteiger partial charge on any atom is 0.334 e. The number of halogens is 1. The molecular weight excluding hydrogens is 300 g/mol. The van der Waals surface area contributed by atoms with Crippen LogP contribution in [0.25, 0.3) is 0 Å². The number of urea groups is 1. The molecule has 0 aromatic rings. The monoisotopic (exact) mass is 320 g/mol. The SMILES string of the molecule is CCC(CC)(CN)NC(=O)CN1C(=O)C(=O)N(C)C1=O.Cl. The fourth-order valence-corrected chi connectivity index (χ4v) is 2.00. The molecular formula is C12H21ClN4O4. The molecule has 0 atom stereocenters. The molecule has 9 heteroatoms. The zero-order valence-corrected chi connectivity index (χ0v) is 13.2. The topological polar surface area (TPSA) is 113 Å². The van der Waals surface area contributed by atoms with E-state index in [9.17, 15) is 19.2 Å². The van der Waals surface area contributed by atoms with Crippen molar-refractivity contribution in [3.05, 3.63) is 0 Å². The number of likely N-dealkylation sites (N-methyl/N-ethyl adjacent to an activating group) is 1. The van der Waals surface area contributed by atoms with Crippen molar-refractivity contribution in [2.75, 3.05) is 20.1 Å². The standard InChI is InChI=1S/C12H20N4O4.ClH/c1-4-12(5-2,7-13)14-8(17)6-16-10(19)9(18)15(3)11(16)20;/h4-7,13H2,1-3H3,(H,14,17);1H. The van der Waals surface area contributed by atoms with Crippen LogP contribution in [0, 0.1) is 0 Å². The molecule has 0 radical (unpaired) electrons. The van der Waals surface area contributed by atoms with Gasteiger partial charge in [-0.1, -0.05) is 13.8 Å². The molecule has 5 amide bonds. The van der Waals surface area contributed by atoms with Gasteiger partial charge in [0.05, 0.1) is 5.54 Å². The van der Waals surface area contributed by atoms with Gasteiger partial charge in [-0.25, -0.2) is 9.69 Å². The fraction of sp³-hybridized carbons (Fsp3) is 0.667. The van der Waals surface area contributed by atoms with Crippen LogP contribution in [0.15, 0.2) is 0 Å². The Balaban J connectivity index is 0.00000400. The molecule has 0 unspecified atom stereocenters. The number of nitrogens with one attached hydrogen (secondary N) is 1. The first-order chi connectivity index (χ1) is 9.31. The van der Waals surface area contributed by atoms with Crippen LogP contribution in [0.4, 0.5) is 4.79 Å². The van der Waals surface area contributed by atoms with Crippen LogP contribution in [-0.4, -0.2) is 59.2 Å². The van der Waals surface area contributed by atoms with Crippen LogP contribution in [0.3, 0.4) is 0 Å². The minimum atomic E-state index is -0.987. The summed E-state index contributed by atoms with van der Waals surface area (Å²) in [6, 6.07) is -0.790. The number of nitrogens with two attached hydrogens (primary N) is 1. The zero-order valence-electron chi connectivity index (χ0n) is 12.3. The van der Waals surface area contributed by atoms with Gasteiger partial charge < -0.3 is 11.1 Å². The van der Waals surface area contributed by atoms with Crippen LogP contribution in [0.1, 0.15) is 26.7 Å². The third-order valence-electron chi connectivity index (χ3n) is 3.70. The van der Waals surface area contributed by atoms with Crippen molar-refractivity contribution < 1.29 is 19.2 Å². The number of carbonyl (C=O) groups excluding carboxylic acids is 4. The van der Waals surface area contributed by atoms with E-state index < -0.39 is 35.8 Å². The number of imide groups is 2. The largest absolute Gasteiger partial charge is 0.348 e. The van der Waals surface area contributed by atoms with Gasteiger partial charge in [-0.3, -0.25) is 19.3 Å². The highest BCUT2D eigenvalue weighted by atomic mass is 35.5. The smallest absolute Gasteiger partial charge is 0.334 e. The van der Waals surface area contributed by atoms with Crippen molar-refractivity contribution in [2.45, 2.75) is 32.2 Å². The number of hydrogen-bond donors (Lipinski definition) is 2. The molecule has 120 valence electrons. The molecule has 1 heterocycles. The molecule has 1 rings (SSSR count). The zero-order chi connectivity index (χ0) is 15.5. The number of amides is 5. The summed E-state index contributed by atoms with van der Waals surface area (Å²) in [4.78, 5) is 47.8. The minimum Gasteiger partial charge on any atom is -0.348 e. The maximum absolute atomic E-state index is 12.0. The number of hydrogen-bond acceptors (Lipinski definition) is 5. The molecule has 1 aliphatic heterocycles. The van der Waals surface area contributed by atoms with Crippen LogP contribution in [0.5, 0.6) is 0 Å². The van der Waals surface area contributed by atoms with Crippen molar-refractivity contribution in [2.24, 2.45) is 5.73 Å². The average molecular weight is 321 g/mol. The first-order valence-electron chi connectivity index (χ1n) is 6.46. The molecule has 1 fully saturated rings. The van der Waals surface area contributed by atoms with Gasteiger partial charge in [0.15, 0.2) is 0 Å². The van der Waals surface area contributed by atoms with Gasteiger partial charge in [-0.15, -0.1) is 12.4 Å². The van der Waals surface area contributed by atoms with Crippen molar-refractivity contribution in [3.63, 3.8) is 0 Å². The van der Waals surface area contributed by atoms with Gasteiger partial charge in [0.2, 0.25) is 5.91 Å². The van der Waals surface area contributed by atoms with Gasteiger partial charge in [0.25, 0.3) is 0 Å². The van der Waals surface area contributed by atoms with E-state index in [2.05, 4.69) is 5.32 Å². The Bertz CT molecular complexity index is 442. The van der Waals surface area contributed by atoms with Crippen LogP contribution in [-0.2, 0) is 14.4 Å². The van der Waals surface area contributed by atoms with Gasteiger partial charge in [-0.05, 0) is 12.8 Å². The Morgan fingerprint density at radius 2 is 1.71 bits per heavy atom. The minimum absolute atomic E-state index is 0. The van der Waals surface area contributed by atoms with E-state index in [1.807, 2.05) is 13.8 Å². The van der Waals surface area contributed by atoms with E-state index >= 15 is 0 Å². The molecule has 1 aliphatic rings. The molecule has 0 aliphatic carbocycles. The highest BCUT2D eigenvalue weighted by Gasteiger charge is 2.43. The second-order valence-electron chi connectivity index (χ2n) is 4.78. The molecule has 1 saturated heterocycles. The molecule has 0 spiro atoms. The molecule has 0 saturated carbocycles. The molecule has 0 bridgehead atoms. The first kappa shape index (κ1) is 19.3. The first-order valence-corrected chi connectivity index (χ1v) is 6.46. The molecule has 8 nitrogen and oxygen atoms in total. The normalized spacial score (nSPS) is 15.3. The number of nitrogens with zero attached hydrogens (tertiary/aromatic N) is 2. The summed E-state index contributed by atoms with van der Waals surface area (Å²) < 4.78 is 0. The Kier molecular flexibility index (Phi) is 6.78. The Morgan fingerprint density at radius 1 is 1.19 bits per heavy atom. The summed E-state index contributed by atoms with van der Waals surface area (Å²) in [5.74, 6) is -2.43. The third-order valence-corrected chi connectivity index (χ3v) is 3.70. The number of rotatable bonds is 6. The summed E-state index contributed by atoms with van der Waals surface area (Å²) in [5.41, 5.74) is 5.10. The van der Waals surface area contributed by atoms with Gasteiger partial charge in [0.1, 0.15) is 6.54 Å². The maximum atomic E-state index is 12.0. The van der Waals surface area contributed by atoms with E-state index in [0.29, 0.717) is 22.6 Å². The Labute approximate surface area is 129 Å². The fourth-order valence-electron chi connectivity index (χ4n) is 2.00. The summed E-state index contributed by atoms with van der Waals surface area (Å²) in [6.07, 6.45) is 1.26. The number of carbonyl (C=O) groups is 4. The van der Waals surface area contributed by atoms with Crippen molar-refractivity contribution in [3.8, 4) is 0 Å². The second-order valence-corrected chi connectivity index (χ2v) is 4.78. The summed E-state index contributed by atoms with van der Waals surface area (Å²) in [6.45, 7) is 3.56. The summed E-state index contributed by atoms with van der Waals surface area (Å²) in [7, 11) is 1.20. The van der Waals surface area contributed by atoms with Gasteiger partial charge in [0, 0.05) is 13.6 Å². The van der Waals surface area contributed by atoms with Crippen LogP contribution < -0.4 is 11.1 Å². The van der Waals surface area contributed by atoms with Gasteiger partial charge in [-0.2, -0.15) is 0 Å². The predicted molar refractivity (Wildman–Crippen MR) is 77.6 cm³/mol. The lowest BCUT2D eigenvalue weighted by molar-refractivity contribution is -0.143. The lowest BCUT2D eigenvalue weighted by Gasteiger charge is -2.31. The third kappa shape index (κ3) is 3.70. The molecule has 21 heavy (non-hydrogen) atoms. The van der Waals surface area contributed by atoms with E-state index in [-0.39, 0.29) is 19.0 Å². The van der Waals surface area contributed by atoms with Crippen molar-refractivity contribution in [1.82, 2.24) is 15.1 Å². The van der Waals surface area contributed by atoms with Crippen LogP contribution in [0.2, 0.25) is 0 Å². The van der Waals surface area contributed by atoms with E-state index in [0.717, 1.165) is 0 Å². The van der Waals surface area contributed by atoms with Crippen LogP contribution >= 0.6 is 12.4 Å². The highest BCUT2D eigenvalue weighted by Crippen LogP contribution is 2.14. The van der Waals surface area contributed by atoms with E-state index in [4.69, 9.17) is 5.73 Å². The Hall–Kier alpha value is -1.67. The lowest BCUT2D eigenvalue weighted by atomic mass is 9.93. The van der Waals surface area contributed by atoms with E-state index in [1.165, 1.54) is 7.05 Å². The Morgan fingerprint density at radius 3 is 2.05 bits per heavy atom. The lowest BCUT2D eigenvalue weighted by Crippen LogP contribution is -2.55. The molecule has 3 N–H and O–H groups in total. The average Bonchev–Trinajstić information content (AvgIpc) is 2.63. The highest BCUT2D eigenvalue weighted by molar-refractivity contribution is 6.44. The summed E-state index contributed by atoms with van der Waals surface area (Å²) in [5, 5.41) is 2.74. The molecule has 0 aromatic carbocycles. The molecule has 0 aromatic heterocycles. The predicted octanol–water partition coefficient (Wildman–Crippen LogP) is -0.537. The van der Waals surface area contributed by atoms with E-state index in [1.54, 1.807) is 0 Å². The quantitative estimate of drug-likeness (QED) is 0.504. The van der Waals surface area contributed by atoms with Gasteiger partial charge >= 0.3 is 17.8 Å². The van der Waals surface area contributed by atoms with Crippen molar-refractivity contribution >= 4 is 36.2 Å². The second kappa shape index (κ2) is 7.37. The van der Waals surface area contributed by atoms with Crippen molar-refractivity contribution in [1.29, 1.82) is 0 Å².